The number of nitrogens with zero attached hydrogens (tertiary/aromatic N) is 2. The highest BCUT2D eigenvalue weighted by molar-refractivity contribution is 5.96. The first-order valence-corrected chi connectivity index (χ1v) is 11.4. The number of hydrogen-bond donors (Lipinski definition) is 1. The molecular formula is C25H32FN3O2. The highest BCUT2D eigenvalue weighted by Gasteiger charge is 2.32. The maximum Gasteiger partial charge on any atom is 0.227 e. The smallest absolute Gasteiger partial charge is 0.227 e. The lowest BCUT2D eigenvalue weighted by Crippen LogP contribution is -2.37. The number of carbonyl (C=O) groups excluding carboxylic acids is 1. The summed E-state index contributed by atoms with van der Waals surface area (Å²) in [5.74, 6) is 0.689. The second-order valence-electron chi connectivity index (χ2n) is 8.57. The van der Waals surface area contributed by atoms with Gasteiger partial charge in [-0.1, -0.05) is 6.07 Å². The van der Waals surface area contributed by atoms with Crippen LogP contribution < -0.4 is 15.0 Å². The number of halogens is 1. The number of nitrogens with one attached hydrogen (secondary N) is 1. The minimum atomic E-state index is -0.269. The van der Waals surface area contributed by atoms with Crippen LogP contribution in [0.1, 0.15) is 39.0 Å². The third-order valence-electron chi connectivity index (χ3n) is 6.36. The molecule has 2 aromatic rings. The Labute approximate surface area is 184 Å². The van der Waals surface area contributed by atoms with Gasteiger partial charge in [0.25, 0.3) is 0 Å². The first-order chi connectivity index (χ1) is 15.1. The maximum absolute atomic E-state index is 13.4. The molecule has 0 bridgehead atoms. The zero-order chi connectivity index (χ0) is 21.6. The highest BCUT2D eigenvalue weighted by Crippen LogP contribution is 2.29. The Balaban J connectivity index is 1.28. The molecule has 2 fully saturated rings. The van der Waals surface area contributed by atoms with Crippen LogP contribution in [0.4, 0.5) is 15.8 Å². The molecule has 2 saturated heterocycles. The first kappa shape index (κ1) is 21.6. The SMILES string of the molecule is CC1CCCN1CCCOc1ccc(N2C(=O)CC[C@H]2CNc2cccc(F)c2)cc1. The lowest BCUT2D eigenvalue weighted by atomic mass is 10.2. The van der Waals surface area contributed by atoms with Crippen molar-refractivity contribution >= 4 is 17.3 Å². The maximum atomic E-state index is 13.4. The Morgan fingerprint density at radius 3 is 2.74 bits per heavy atom. The van der Waals surface area contributed by atoms with Gasteiger partial charge in [0.1, 0.15) is 11.6 Å². The van der Waals surface area contributed by atoms with Crippen molar-refractivity contribution < 1.29 is 13.9 Å². The molecule has 166 valence electrons. The van der Waals surface area contributed by atoms with E-state index >= 15 is 0 Å². The molecule has 0 spiro atoms. The third kappa shape index (κ3) is 5.56. The van der Waals surface area contributed by atoms with Gasteiger partial charge >= 0.3 is 0 Å². The van der Waals surface area contributed by atoms with Gasteiger partial charge in [0.2, 0.25) is 5.91 Å². The van der Waals surface area contributed by atoms with E-state index in [1.165, 1.54) is 31.5 Å². The minimum absolute atomic E-state index is 0.0463. The number of rotatable bonds is 9. The summed E-state index contributed by atoms with van der Waals surface area (Å²) in [4.78, 5) is 16.9. The van der Waals surface area contributed by atoms with Crippen molar-refractivity contribution in [2.24, 2.45) is 0 Å². The molecule has 4 rings (SSSR count). The lowest BCUT2D eigenvalue weighted by Gasteiger charge is -2.26. The van der Waals surface area contributed by atoms with E-state index in [9.17, 15) is 9.18 Å². The molecular weight excluding hydrogens is 393 g/mol. The normalized spacial score (nSPS) is 21.6. The summed E-state index contributed by atoms with van der Waals surface area (Å²) < 4.78 is 19.3. The van der Waals surface area contributed by atoms with Gasteiger partial charge in [0, 0.05) is 36.9 Å². The minimum Gasteiger partial charge on any atom is -0.494 e. The van der Waals surface area contributed by atoms with E-state index in [0.717, 1.165) is 36.5 Å². The molecule has 2 aromatic carbocycles. The zero-order valence-corrected chi connectivity index (χ0v) is 18.2. The van der Waals surface area contributed by atoms with Gasteiger partial charge in [-0.2, -0.15) is 0 Å². The second-order valence-corrected chi connectivity index (χ2v) is 8.57. The first-order valence-electron chi connectivity index (χ1n) is 11.4. The Morgan fingerprint density at radius 1 is 1.16 bits per heavy atom. The van der Waals surface area contributed by atoms with E-state index in [0.29, 0.717) is 25.6 Å². The number of ether oxygens (including phenoxy) is 1. The summed E-state index contributed by atoms with van der Waals surface area (Å²) >= 11 is 0. The van der Waals surface area contributed by atoms with Gasteiger partial charge in [0.05, 0.1) is 12.6 Å². The van der Waals surface area contributed by atoms with Crippen LogP contribution in [-0.2, 0) is 4.79 Å². The lowest BCUT2D eigenvalue weighted by molar-refractivity contribution is -0.117. The molecule has 2 aliphatic rings. The molecule has 6 heteroatoms. The van der Waals surface area contributed by atoms with Crippen molar-refractivity contribution in [1.29, 1.82) is 0 Å². The van der Waals surface area contributed by atoms with Crippen molar-refractivity contribution in [1.82, 2.24) is 4.90 Å². The summed E-state index contributed by atoms with van der Waals surface area (Å²) in [6, 6.07) is 14.9. The zero-order valence-electron chi connectivity index (χ0n) is 18.2. The molecule has 5 nitrogen and oxygen atoms in total. The number of likely N-dealkylation sites (tertiary alicyclic amines) is 1. The molecule has 2 atom stereocenters. The van der Waals surface area contributed by atoms with Crippen molar-refractivity contribution in [2.75, 3.05) is 36.5 Å². The van der Waals surface area contributed by atoms with Gasteiger partial charge in [-0.05, 0) is 81.6 Å². The predicted molar refractivity (Wildman–Crippen MR) is 122 cm³/mol. The summed E-state index contributed by atoms with van der Waals surface area (Å²) in [5.41, 5.74) is 1.61. The molecule has 0 saturated carbocycles. The molecule has 1 unspecified atom stereocenters. The van der Waals surface area contributed by atoms with Crippen LogP contribution in [0.2, 0.25) is 0 Å². The fraction of sp³-hybridized carbons (Fsp3) is 0.480. The Bertz CT molecular complexity index is 873. The van der Waals surface area contributed by atoms with Crippen LogP contribution in [-0.4, -0.2) is 49.1 Å². The monoisotopic (exact) mass is 425 g/mol. The molecule has 1 amide bonds. The van der Waals surface area contributed by atoms with Crippen molar-refractivity contribution in [3.8, 4) is 5.75 Å². The van der Waals surface area contributed by atoms with Crippen molar-refractivity contribution in [3.63, 3.8) is 0 Å². The summed E-state index contributed by atoms with van der Waals surface area (Å²) in [6.45, 7) is 5.87. The summed E-state index contributed by atoms with van der Waals surface area (Å²) in [6.07, 6.45) is 4.94. The number of benzene rings is 2. The average molecular weight is 426 g/mol. The number of anilines is 2. The Hall–Kier alpha value is -2.60. The van der Waals surface area contributed by atoms with E-state index in [2.05, 4.69) is 17.1 Å². The van der Waals surface area contributed by atoms with Crippen LogP contribution >= 0.6 is 0 Å². The molecule has 31 heavy (non-hydrogen) atoms. The fourth-order valence-electron chi connectivity index (χ4n) is 4.61. The number of carbonyl (C=O) groups is 1. The fourth-order valence-corrected chi connectivity index (χ4v) is 4.61. The molecule has 2 heterocycles. The van der Waals surface area contributed by atoms with Crippen molar-refractivity contribution in [2.45, 2.75) is 51.1 Å². The van der Waals surface area contributed by atoms with E-state index in [1.54, 1.807) is 6.07 Å². The number of hydrogen-bond acceptors (Lipinski definition) is 4. The largest absolute Gasteiger partial charge is 0.494 e. The Morgan fingerprint density at radius 2 is 2.00 bits per heavy atom. The Kier molecular flexibility index (Phi) is 7.07. The summed E-state index contributed by atoms with van der Waals surface area (Å²) in [5, 5.41) is 3.26. The summed E-state index contributed by atoms with van der Waals surface area (Å²) in [7, 11) is 0. The average Bonchev–Trinajstić information content (AvgIpc) is 3.35. The van der Waals surface area contributed by atoms with E-state index < -0.39 is 0 Å². The quantitative estimate of drug-likeness (QED) is 0.592. The topological polar surface area (TPSA) is 44.8 Å². The van der Waals surface area contributed by atoms with E-state index in [1.807, 2.05) is 35.2 Å². The molecule has 0 aromatic heterocycles. The van der Waals surface area contributed by atoms with E-state index in [-0.39, 0.29) is 17.8 Å². The highest BCUT2D eigenvalue weighted by atomic mass is 19.1. The van der Waals surface area contributed by atoms with Crippen LogP contribution in [0.5, 0.6) is 5.75 Å². The van der Waals surface area contributed by atoms with Crippen LogP contribution in [0.25, 0.3) is 0 Å². The van der Waals surface area contributed by atoms with Crippen LogP contribution in [0, 0.1) is 5.82 Å². The van der Waals surface area contributed by atoms with Gasteiger partial charge in [0.15, 0.2) is 0 Å². The molecule has 0 aliphatic carbocycles. The van der Waals surface area contributed by atoms with Gasteiger partial charge in [-0.25, -0.2) is 4.39 Å². The van der Waals surface area contributed by atoms with Gasteiger partial charge in [-0.15, -0.1) is 0 Å². The van der Waals surface area contributed by atoms with Crippen LogP contribution in [0.15, 0.2) is 48.5 Å². The van der Waals surface area contributed by atoms with Gasteiger partial charge < -0.3 is 19.9 Å². The number of amides is 1. The molecule has 1 N–H and O–H groups in total. The van der Waals surface area contributed by atoms with Crippen LogP contribution in [0.3, 0.4) is 0 Å². The molecule has 0 radical (unpaired) electrons. The molecule has 2 aliphatic heterocycles. The predicted octanol–water partition coefficient (Wildman–Crippen LogP) is 4.69. The van der Waals surface area contributed by atoms with Crippen molar-refractivity contribution in [3.05, 3.63) is 54.3 Å². The van der Waals surface area contributed by atoms with Gasteiger partial charge in [-0.3, -0.25) is 4.79 Å². The second kappa shape index (κ2) is 10.1. The third-order valence-corrected chi connectivity index (χ3v) is 6.36. The standard InChI is InChI=1S/C25H32FN3O2/c1-19-5-3-14-28(19)15-4-16-31-24-11-8-22(9-12-24)29-23(10-13-25(29)30)18-27-21-7-2-6-20(26)17-21/h2,6-9,11-12,17,19,23,27H,3-5,10,13-16,18H2,1H3/t19?,23-/m0/s1. The van der Waals surface area contributed by atoms with E-state index in [4.69, 9.17) is 4.74 Å².